The van der Waals surface area contributed by atoms with Gasteiger partial charge in [0.1, 0.15) is 17.3 Å². The molecule has 0 amide bonds. The van der Waals surface area contributed by atoms with Gasteiger partial charge in [0.15, 0.2) is 4.80 Å². The van der Waals surface area contributed by atoms with Crippen LogP contribution in [-0.4, -0.2) is 15.6 Å². The monoisotopic (exact) mass is 562 g/mol. The fourth-order valence-corrected chi connectivity index (χ4v) is 6.73. The Morgan fingerprint density at radius 2 is 1.85 bits per heavy atom. The van der Waals surface area contributed by atoms with Crippen molar-refractivity contribution in [3.8, 4) is 11.3 Å². The van der Waals surface area contributed by atoms with Gasteiger partial charge in [0.05, 0.1) is 21.8 Å². The van der Waals surface area contributed by atoms with Gasteiger partial charge in [-0.15, -0.1) is 0 Å². The number of benzene rings is 3. The second-order valence-electron chi connectivity index (χ2n) is 10.2. The molecule has 2 aliphatic rings. The number of fused-ring (bicyclic) bond motifs is 3. The molecule has 41 heavy (non-hydrogen) atoms. The quantitative estimate of drug-likeness (QED) is 0.304. The van der Waals surface area contributed by atoms with E-state index in [9.17, 15) is 19.1 Å². The summed E-state index contributed by atoms with van der Waals surface area (Å²) >= 11 is 1.30. The number of hydrogen-bond donors (Lipinski definition) is 1. The van der Waals surface area contributed by atoms with E-state index in [1.54, 1.807) is 47.0 Å². The number of hydrogen-bond acceptors (Lipinski definition) is 5. The number of halogens is 1. The van der Waals surface area contributed by atoms with Gasteiger partial charge >= 0.3 is 5.97 Å². The number of furan rings is 1. The van der Waals surface area contributed by atoms with Crippen LogP contribution in [0.15, 0.2) is 98.6 Å². The molecule has 6 nitrogen and oxygen atoms in total. The second-order valence-corrected chi connectivity index (χ2v) is 11.2. The Labute approximate surface area is 237 Å². The first-order valence-corrected chi connectivity index (χ1v) is 14.0. The summed E-state index contributed by atoms with van der Waals surface area (Å²) < 4.78 is 22.1. The minimum absolute atomic E-state index is 0.187. The summed E-state index contributed by atoms with van der Waals surface area (Å²) in [4.78, 5) is 30.8. The average molecular weight is 563 g/mol. The van der Waals surface area contributed by atoms with Crippen molar-refractivity contribution in [2.45, 2.75) is 25.8 Å². The Balaban J connectivity index is 1.36. The van der Waals surface area contributed by atoms with Crippen LogP contribution < -0.4 is 14.9 Å². The number of carboxylic acid groups (broad SMARTS) is 1. The lowest BCUT2D eigenvalue weighted by molar-refractivity contribution is 0.0696. The Hall–Kier alpha value is -4.82. The molecule has 8 heteroatoms. The summed E-state index contributed by atoms with van der Waals surface area (Å²) in [6.45, 7) is 1.83. The number of allylic oxidation sites excluding steroid dienone is 1. The maximum atomic E-state index is 13.9. The van der Waals surface area contributed by atoms with E-state index >= 15 is 0 Å². The highest BCUT2D eigenvalue weighted by atomic mass is 32.1. The van der Waals surface area contributed by atoms with Crippen molar-refractivity contribution < 1.29 is 18.7 Å². The maximum absolute atomic E-state index is 13.9. The number of thiazole rings is 1. The number of aryl methyl sites for hydroxylation is 2. The first kappa shape index (κ1) is 25.2. The van der Waals surface area contributed by atoms with Gasteiger partial charge < -0.3 is 9.52 Å². The van der Waals surface area contributed by atoms with Crippen molar-refractivity contribution in [1.82, 2.24) is 4.57 Å². The molecule has 2 aromatic heterocycles. The van der Waals surface area contributed by atoms with Gasteiger partial charge in [-0.25, -0.2) is 14.2 Å². The van der Waals surface area contributed by atoms with Crippen LogP contribution in [0.25, 0.3) is 23.1 Å². The van der Waals surface area contributed by atoms with E-state index in [0.29, 0.717) is 20.9 Å². The second kappa shape index (κ2) is 9.67. The third-order valence-electron chi connectivity index (χ3n) is 7.70. The van der Waals surface area contributed by atoms with Gasteiger partial charge in [0.2, 0.25) is 0 Å². The van der Waals surface area contributed by atoms with Crippen LogP contribution in [0, 0.1) is 12.7 Å². The molecule has 202 valence electrons. The molecule has 0 fully saturated rings. The highest BCUT2D eigenvalue weighted by Crippen LogP contribution is 2.41. The van der Waals surface area contributed by atoms with Gasteiger partial charge in [-0.2, -0.15) is 0 Å². The van der Waals surface area contributed by atoms with E-state index in [0.717, 1.165) is 46.4 Å². The SMILES string of the molecule is Cc1cc(C(=O)O)ccc1-c1ccc(/C=c2/sc3n(c2=O)[C@H](c2ccc(F)cc2)C2=C(N=3)c3ccccc3CC2)o1. The summed E-state index contributed by atoms with van der Waals surface area (Å²) in [5.74, 6) is -0.237. The zero-order valence-corrected chi connectivity index (χ0v) is 22.7. The average Bonchev–Trinajstić information content (AvgIpc) is 3.56. The van der Waals surface area contributed by atoms with Crippen molar-refractivity contribution in [2.75, 3.05) is 0 Å². The van der Waals surface area contributed by atoms with Crippen LogP contribution in [0.4, 0.5) is 4.39 Å². The lowest BCUT2D eigenvalue weighted by Crippen LogP contribution is -2.38. The maximum Gasteiger partial charge on any atom is 0.335 e. The number of rotatable bonds is 4. The van der Waals surface area contributed by atoms with E-state index in [1.165, 1.54) is 29.0 Å². The first-order valence-electron chi connectivity index (χ1n) is 13.2. The van der Waals surface area contributed by atoms with Crippen LogP contribution >= 0.6 is 11.3 Å². The number of carboxylic acids is 1. The van der Waals surface area contributed by atoms with Crippen LogP contribution in [0.2, 0.25) is 0 Å². The standard InChI is InChI=1S/C33H23FN2O4S/c1-18-16-21(32(38)39)9-13-24(18)27-15-12-23(40-27)17-28-31(37)36-30(20-6-10-22(34)11-7-20)26-14-8-19-4-2-3-5-25(19)29(26)35-33(36)41-28/h2-7,9-13,15-17,30H,8,14H2,1H3,(H,38,39)/b28-17+/t30-/m1/s1. The van der Waals surface area contributed by atoms with Crippen molar-refractivity contribution in [1.29, 1.82) is 0 Å². The molecular formula is C33H23FN2O4S. The Kier molecular flexibility index (Phi) is 5.94. The predicted molar refractivity (Wildman–Crippen MR) is 155 cm³/mol. The molecular weight excluding hydrogens is 539 g/mol. The van der Waals surface area contributed by atoms with Gasteiger partial charge in [-0.05, 0) is 78.4 Å². The molecule has 0 bridgehead atoms. The molecule has 7 rings (SSSR count). The molecule has 0 radical (unpaired) electrons. The fraction of sp³-hybridized carbons (Fsp3) is 0.121. The zero-order valence-electron chi connectivity index (χ0n) is 21.9. The lowest BCUT2D eigenvalue weighted by atomic mass is 9.83. The highest BCUT2D eigenvalue weighted by Gasteiger charge is 2.32. The van der Waals surface area contributed by atoms with Crippen molar-refractivity contribution in [3.05, 3.63) is 144 Å². The van der Waals surface area contributed by atoms with Crippen LogP contribution in [0.3, 0.4) is 0 Å². The molecule has 0 spiro atoms. The van der Waals surface area contributed by atoms with Gasteiger partial charge in [-0.3, -0.25) is 9.36 Å². The van der Waals surface area contributed by atoms with E-state index in [2.05, 4.69) is 12.1 Å². The summed E-state index contributed by atoms with van der Waals surface area (Å²) in [5.41, 5.74) is 6.63. The smallest absolute Gasteiger partial charge is 0.335 e. The van der Waals surface area contributed by atoms with E-state index in [4.69, 9.17) is 9.41 Å². The minimum Gasteiger partial charge on any atom is -0.478 e. The molecule has 0 saturated heterocycles. The number of aromatic nitrogens is 1. The molecule has 1 aliphatic carbocycles. The Bertz CT molecular complexity index is 2080. The molecule has 1 atom stereocenters. The minimum atomic E-state index is -0.987. The molecule has 3 aromatic carbocycles. The van der Waals surface area contributed by atoms with Gasteiger partial charge in [0.25, 0.3) is 5.56 Å². The first-order chi connectivity index (χ1) is 19.9. The molecule has 0 unspecified atom stereocenters. The van der Waals surface area contributed by atoms with Gasteiger partial charge in [-0.1, -0.05) is 53.8 Å². The molecule has 1 aliphatic heterocycles. The van der Waals surface area contributed by atoms with Crippen molar-refractivity contribution in [2.24, 2.45) is 4.99 Å². The van der Waals surface area contributed by atoms with Crippen molar-refractivity contribution in [3.63, 3.8) is 0 Å². The number of carbonyl (C=O) groups is 1. The van der Waals surface area contributed by atoms with E-state index in [-0.39, 0.29) is 23.0 Å². The third kappa shape index (κ3) is 4.28. The normalized spacial score (nSPS) is 16.1. The predicted octanol–water partition coefficient (Wildman–Crippen LogP) is 5.72. The summed E-state index contributed by atoms with van der Waals surface area (Å²) in [5, 5.41) is 9.27. The lowest BCUT2D eigenvalue weighted by Gasteiger charge is -2.30. The Morgan fingerprint density at radius 3 is 2.63 bits per heavy atom. The van der Waals surface area contributed by atoms with Crippen molar-refractivity contribution >= 4 is 29.1 Å². The van der Waals surface area contributed by atoms with Crippen LogP contribution in [0.1, 0.15) is 50.8 Å². The third-order valence-corrected chi connectivity index (χ3v) is 8.68. The summed E-state index contributed by atoms with van der Waals surface area (Å²) in [7, 11) is 0. The summed E-state index contributed by atoms with van der Waals surface area (Å²) in [6, 6.07) is 22.6. The molecule has 3 heterocycles. The van der Waals surface area contributed by atoms with Crippen LogP contribution in [0.5, 0.6) is 0 Å². The van der Waals surface area contributed by atoms with Gasteiger partial charge in [0, 0.05) is 17.2 Å². The van der Waals surface area contributed by atoms with E-state index < -0.39 is 5.97 Å². The Morgan fingerprint density at radius 1 is 1.05 bits per heavy atom. The number of aromatic carboxylic acids is 1. The molecule has 5 aromatic rings. The van der Waals surface area contributed by atoms with E-state index in [1.807, 2.05) is 25.1 Å². The topological polar surface area (TPSA) is 84.8 Å². The molecule has 1 N–H and O–H groups in total. The zero-order chi connectivity index (χ0) is 28.2. The summed E-state index contributed by atoms with van der Waals surface area (Å²) in [6.07, 6.45) is 3.31. The highest BCUT2D eigenvalue weighted by molar-refractivity contribution is 7.07. The fourth-order valence-electron chi connectivity index (χ4n) is 5.74. The molecule has 0 saturated carbocycles. The number of nitrogens with zero attached hydrogens (tertiary/aromatic N) is 2. The largest absolute Gasteiger partial charge is 0.478 e. The van der Waals surface area contributed by atoms with Crippen LogP contribution in [-0.2, 0) is 6.42 Å².